The van der Waals surface area contributed by atoms with Gasteiger partial charge in [-0.15, -0.1) is 0 Å². The zero-order valence-electron chi connectivity index (χ0n) is 15.9. The third-order valence-corrected chi connectivity index (χ3v) is 5.24. The van der Waals surface area contributed by atoms with E-state index in [-0.39, 0.29) is 46.5 Å². The fraction of sp³-hybridized carbons (Fsp3) is 0.450. The maximum Gasteiger partial charge on any atom is 0.257 e. The minimum absolute atomic E-state index is 0.0181. The number of rotatable bonds is 5. The molecule has 0 bridgehead atoms. The van der Waals surface area contributed by atoms with Crippen LogP contribution >= 0.6 is 11.6 Å². The summed E-state index contributed by atoms with van der Waals surface area (Å²) < 4.78 is 19.3. The lowest BCUT2D eigenvalue weighted by atomic mass is 10.00. The van der Waals surface area contributed by atoms with Crippen LogP contribution in [0.1, 0.15) is 42.3 Å². The molecule has 1 fully saturated rings. The number of benzene rings is 1. The zero-order valence-corrected chi connectivity index (χ0v) is 16.7. The molecule has 0 radical (unpaired) electrons. The quantitative estimate of drug-likeness (QED) is 0.817. The molecule has 2 aromatic rings. The highest BCUT2D eigenvalue weighted by atomic mass is 35.5. The highest BCUT2D eigenvalue weighted by molar-refractivity contribution is 6.33. The van der Waals surface area contributed by atoms with Crippen LogP contribution in [0.15, 0.2) is 22.7 Å². The van der Waals surface area contributed by atoms with Gasteiger partial charge in [0.25, 0.3) is 5.91 Å². The molecule has 1 aromatic carbocycles. The Kier molecular flexibility index (Phi) is 6.34. The molecule has 1 unspecified atom stereocenters. The van der Waals surface area contributed by atoms with Crippen molar-refractivity contribution in [1.29, 1.82) is 0 Å². The molecule has 1 saturated heterocycles. The van der Waals surface area contributed by atoms with Crippen LogP contribution in [0, 0.1) is 18.7 Å². The Bertz CT molecular complexity index is 863. The molecule has 0 aliphatic carbocycles. The van der Waals surface area contributed by atoms with Crippen molar-refractivity contribution in [3.63, 3.8) is 0 Å². The molecule has 8 heteroatoms. The van der Waals surface area contributed by atoms with Crippen molar-refractivity contribution < 1.29 is 18.5 Å². The maximum atomic E-state index is 14.2. The molecule has 1 aliphatic heterocycles. The van der Waals surface area contributed by atoms with Gasteiger partial charge in [0.15, 0.2) is 0 Å². The van der Waals surface area contributed by atoms with E-state index in [1.54, 1.807) is 6.92 Å². The number of hydrogen-bond donors (Lipinski definition) is 1. The summed E-state index contributed by atoms with van der Waals surface area (Å²) in [5.74, 6) is -0.300. The van der Waals surface area contributed by atoms with Gasteiger partial charge in [0.1, 0.15) is 22.8 Å². The molecule has 28 heavy (non-hydrogen) atoms. The average Bonchev–Trinajstić information content (AvgIpc) is 3.02. The van der Waals surface area contributed by atoms with E-state index in [4.69, 9.17) is 16.1 Å². The average molecular weight is 408 g/mol. The Morgan fingerprint density at radius 1 is 1.43 bits per heavy atom. The number of piperidine rings is 1. The van der Waals surface area contributed by atoms with Crippen LogP contribution in [0.4, 0.5) is 4.39 Å². The van der Waals surface area contributed by atoms with E-state index in [1.165, 1.54) is 18.2 Å². The highest BCUT2D eigenvalue weighted by Gasteiger charge is 2.26. The van der Waals surface area contributed by atoms with E-state index in [0.29, 0.717) is 5.92 Å². The Morgan fingerprint density at radius 2 is 2.21 bits per heavy atom. The molecule has 2 heterocycles. The van der Waals surface area contributed by atoms with E-state index in [0.717, 1.165) is 25.9 Å². The third kappa shape index (κ3) is 4.35. The van der Waals surface area contributed by atoms with Crippen molar-refractivity contribution >= 4 is 23.4 Å². The Morgan fingerprint density at radius 3 is 2.93 bits per heavy atom. The van der Waals surface area contributed by atoms with Crippen LogP contribution in [0.25, 0.3) is 11.3 Å². The summed E-state index contributed by atoms with van der Waals surface area (Å²) in [6, 6.07) is 4.23. The number of aryl methyl sites for hydroxylation is 1. The fourth-order valence-corrected chi connectivity index (χ4v) is 3.73. The molecule has 3 rings (SSSR count). The van der Waals surface area contributed by atoms with Crippen LogP contribution in [-0.4, -0.2) is 41.5 Å². The second-order valence-corrected chi connectivity index (χ2v) is 7.56. The first-order valence-corrected chi connectivity index (χ1v) is 9.73. The number of likely N-dealkylation sites (tertiary alicyclic amines) is 1. The van der Waals surface area contributed by atoms with Crippen LogP contribution in [0.3, 0.4) is 0 Å². The van der Waals surface area contributed by atoms with E-state index in [2.05, 4.69) is 17.4 Å². The first-order valence-electron chi connectivity index (χ1n) is 9.35. The molecule has 0 spiro atoms. The summed E-state index contributed by atoms with van der Waals surface area (Å²) in [5.41, 5.74) is 0.185. The molecule has 2 amide bonds. The second kappa shape index (κ2) is 8.73. The lowest BCUT2D eigenvalue weighted by Gasteiger charge is -2.31. The Hall–Kier alpha value is -2.41. The summed E-state index contributed by atoms with van der Waals surface area (Å²) in [5, 5.41) is 6.66. The van der Waals surface area contributed by atoms with Gasteiger partial charge in [-0.1, -0.05) is 29.7 Å². The topological polar surface area (TPSA) is 75.4 Å². The minimum Gasteiger partial charge on any atom is -0.360 e. The highest BCUT2D eigenvalue weighted by Crippen LogP contribution is 2.33. The molecule has 6 nitrogen and oxygen atoms in total. The summed E-state index contributed by atoms with van der Waals surface area (Å²) in [6.07, 6.45) is 2.35. The van der Waals surface area contributed by atoms with Crippen molar-refractivity contribution in [1.82, 2.24) is 15.4 Å². The summed E-state index contributed by atoms with van der Waals surface area (Å²) in [4.78, 5) is 26.8. The molecule has 1 aromatic heterocycles. The van der Waals surface area contributed by atoms with Crippen molar-refractivity contribution in [2.45, 2.75) is 33.1 Å². The van der Waals surface area contributed by atoms with Crippen LogP contribution in [0.5, 0.6) is 0 Å². The van der Waals surface area contributed by atoms with Crippen molar-refractivity contribution in [2.75, 3.05) is 19.6 Å². The van der Waals surface area contributed by atoms with Gasteiger partial charge >= 0.3 is 0 Å². The standard InChI is InChI=1S/C20H23ClFN3O3/c1-12-5-4-10-25(11-12)16(26)8-9-23-20(27)17-13(2)28-24-19(17)18-14(21)6-3-7-15(18)22/h3,6-7,12H,4-5,8-11H2,1-2H3,(H,23,27). The number of aromatic nitrogens is 1. The van der Waals surface area contributed by atoms with Gasteiger partial charge in [-0.25, -0.2) is 4.39 Å². The van der Waals surface area contributed by atoms with E-state index >= 15 is 0 Å². The zero-order chi connectivity index (χ0) is 20.3. The number of hydrogen-bond acceptors (Lipinski definition) is 4. The second-order valence-electron chi connectivity index (χ2n) is 7.15. The smallest absolute Gasteiger partial charge is 0.257 e. The number of amides is 2. The largest absolute Gasteiger partial charge is 0.360 e. The summed E-state index contributed by atoms with van der Waals surface area (Å²) >= 11 is 6.09. The van der Waals surface area contributed by atoms with Crippen LogP contribution in [0.2, 0.25) is 5.02 Å². The molecule has 1 aliphatic rings. The van der Waals surface area contributed by atoms with Crippen molar-refractivity contribution in [3.05, 3.63) is 40.4 Å². The molecule has 1 N–H and O–H groups in total. The van der Waals surface area contributed by atoms with Gasteiger partial charge in [-0.3, -0.25) is 9.59 Å². The predicted octanol–water partition coefficient (Wildman–Crippen LogP) is 3.82. The van der Waals surface area contributed by atoms with E-state index in [9.17, 15) is 14.0 Å². The molecular weight excluding hydrogens is 385 g/mol. The molecular formula is C20H23ClFN3O3. The lowest BCUT2D eigenvalue weighted by Crippen LogP contribution is -2.40. The Labute approximate surface area is 168 Å². The fourth-order valence-electron chi connectivity index (χ4n) is 3.48. The summed E-state index contributed by atoms with van der Waals surface area (Å²) in [7, 11) is 0. The van der Waals surface area contributed by atoms with Crippen LogP contribution in [-0.2, 0) is 4.79 Å². The third-order valence-electron chi connectivity index (χ3n) is 4.92. The SMILES string of the molecule is Cc1onc(-c2c(F)cccc2Cl)c1C(=O)NCCC(=O)N1CCCC(C)C1. The van der Waals surface area contributed by atoms with Gasteiger partial charge in [-0.2, -0.15) is 0 Å². The number of halogens is 2. The molecule has 0 saturated carbocycles. The first kappa shape index (κ1) is 20.3. The Balaban J connectivity index is 1.67. The van der Waals surface area contributed by atoms with Gasteiger partial charge in [0.05, 0.1) is 10.6 Å². The molecule has 1 atom stereocenters. The van der Waals surface area contributed by atoms with E-state index < -0.39 is 11.7 Å². The van der Waals surface area contributed by atoms with Crippen molar-refractivity contribution in [2.24, 2.45) is 5.92 Å². The minimum atomic E-state index is -0.593. The number of nitrogens with one attached hydrogen (secondary N) is 1. The number of carbonyl (C=O) groups excluding carboxylic acids is 2. The van der Waals surface area contributed by atoms with Crippen molar-refractivity contribution in [3.8, 4) is 11.3 Å². The number of nitrogens with zero attached hydrogens (tertiary/aromatic N) is 2. The van der Waals surface area contributed by atoms with Gasteiger partial charge in [0, 0.05) is 26.1 Å². The number of carbonyl (C=O) groups is 2. The van der Waals surface area contributed by atoms with Gasteiger partial charge in [-0.05, 0) is 37.8 Å². The monoisotopic (exact) mass is 407 g/mol. The normalized spacial score (nSPS) is 16.9. The van der Waals surface area contributed by atoms with Gasteiger partial charge in [0.2, 0.25) is 5.91 Å². The molecule has 150 valence electrons. The van der Waals surface area contributed by atoms with Gasteiger partial charge < -0.3 is 14.7 Å². The van der Waals surface area contributed by atoms with Crippen LogP contribution < -0.4 is 5.32 Å². The lowest BCUT2D eigenvalue weighted by molar-refractivity contribution is -0.132. The first-order chi connectivity index (χ1) is 13.4. The summed E-state index contributed by atoms with van der Waals surface area (Å²) in [6.45, 7) is 5.40. The maximum absolute atomic E-state index is 14.2. The predicted molar refractivity (Wildman–Crippen MR) is 104 cm³/mol. The van der Waals surface area contributed by atoms with E-state index in [1.807, 2.05) is 4.90 Å².